The van der Waals surface area contributed by atoms with E-state index in [4.69, 9.17) is 9.47 Å². The van der Waals surface area contributed by atoms with E-state index in [1.807, 2.05) is 35.1 Å². The van der Waals surface area contributed by atoms with E-state index in [0.29, 0.717) is 0 Å². The summed E-state index contributed by atoms with van der Waals surface area (Å²) in [6.45, 7) is 0. The number of nitrogens with zero attached hydrogens (tertiary/aromatic N) is 2. The summed E-state index contributed by atoms with van der Waals surface area (Å²) in [5, 5.41) is 7.93. The zero-order valence-corrected chi connectivity index (χ0v) is 16.7. The van der Waals surface area contributed by atoms with Crippen molar-refractivity contribution in [2.24, 2.45) is 5.92 Å². The average molecular weight is 383 g/mol. The van der Waals surface area contributed by atoms with Gasteiger partial charge in [0.15, 0.2) is 0 Å². The molecule has 1 heterocycles. The van der Waals surface area contributed by atoms with Gasteiger partial charge in [0.05, 0.1) is 31.1 Å². The van der Waals surface area contributed by atoms with Crippen LogP contribution in [-0.2, 0) is 16.0 Å². The number of methoxy groups -OCH3 is 2. The van der Waals surface area contributed by atoms with Crippen molar-refractivity contribution in [3.8, 4) is 11.4 Å². The molecule has 2 aliphatic rings. The highest BCUT2D eigenvalue weighted by atomic mass is 16.5. The molecule has 6 nitrogen and oxygen atoms in total. The minimum Gasteiger partial charge on any atom is -0.497 e. The lowest BCUT2D eigenvalue weighted by Gasteiger charge is -2.30. The first-order valence-corrected chi connectivity index (χ1v) is 10.2. The number of benzene rings is 1. The van der Waals surface area contributed by atoms with E-state index in [1.165, 1.54) is 5.69 Å². The molecule has 1 N–H and O–H groups in total. The van der Waals surface area contributed by atoms with E-state index in [-0.39, 0.29) is 24.0 Å². The van der Waals surface area contributed by atoms with Gasteiger partial charge in [-0.2, -0.15) is 5.10 Å². The number of rotatable bonds is 5. The van der Waals surface area contributed by atoms with E-state index < -0.39 is 0 Å². The molecule has 1 amide bonds. The third-order valence-electron chi connectivity index (χ3n) is 6.15. The molecule has 1 fully saturated rings. The van der Waals surface area contributed by atoms with Crippen LogP contribution in [0, 0.1) is 5.92 Å². The molecule has 1 aromatic carbocycles. The zero-order valence-electron chi connectivity index (χ0n) is 16.7. The number of hydrogen-bond acceptors (Lipinski definition) is 4. The molecule has 0 aliphatic heterocycles. The Morgan fingerprint density at radius 1 is 1.14 bits per heavy atom. The Morgan fingerprint density at radius 2 is 1.96 bits per heavy atom. The van der Waals surface area contributed by atoms with Gasteiger partial charge in [-0.3, -0.25) is 4.79 Å². The number of ether oxygens (including phenoxy) is 2. The van der Waals surface area contributed by atoms with Crippen LogP contribution in [0.15, 0.2) is 30.5 Å². The fourth-order valence-corrected chi connectivity index (χ4v) is 4.54. The van der Waals surface area contributed by atoms with Crippen molar-refractivity contribution in [2.45, 2.75) is 57.1 Å². The summed E-state index contributed by atoms with van der Waals surface area (Å²) < 4.78 is 12.7. The lowest BCUT2D eigenvalue weighted by atomic mass is 9.85. The van der Waals surface area contributed by atoms with Gasteiger partial charge in [0.2, 0.25) is 5.91 Å². The van der Waals surface area contributed by atoms with Crippen LogP contribution in [0.1, 0.15) is 55.8 Å². The largest absolute Gasteiger partial charge is 0.497 e. The average Bonchev–Trinajstić information content (AvgIpc) is 3.19. The summed E-state index contributed by atoms with van der Waals surface area (Å²) in [5.74, 6) is 1.05. The van der Waals surface area contributed by atoms with Crippen molar-refractivity contribution in [2.75, 3.05) is 14.2 Å². The quantitative estimate of drug-likeness (QED) is 0.857. The van der Waals surface area contributed by atoms with Crippen LogP contribution in [0.4, 0.5) is 0 Å². The highest BCUT2D eigenvalue weighted by molar-refractivity contribution is 5.79. The SMILES string of the molecule is COc1ccc(-n2ncc3c2CCCC3NC(=O)C2CCCC(OC)C2)cc1. The fourth-order valence-electron chi connectivity index (χ4n) is 4.54. The minimum atomic E-state index is 0.0474. The van der Waals surface area contributed by atoms with Gasteiger partial charge in [-0.05, 0) is 62.8 Å². The van der Waals surface area contributed by atoms with Crippen LogP contribution in [0.5, 0.6) is 5.75 Å². The van der Waals surface area contributed by atoms with Crippen molar-refractivity contribution in [1.82, 2.24) is 15.1 Å². The molecule has 28 heavy (non-hydrogen) atoms. The van der Waals surface area contributed by atoms with Crippen molar-refractivity contribution < 1.29 is 14.3 Å². The summed E-state index contributed by atoms with van der Waals surface area (Å²) >= 11 is 0. The topological polar surface area (TPSA) is 65.4 Å². The minimum absolute atomic E-state index is 0.0474. The molecular formula is C22H29N3O3. The molecular weight excluding hydrogens is 354 g/mol. The zero-order chi connectivity index (χ0) is 19.5. The van der Waals surface area contributed by atoms with Crippen LogP contribution in [0.2, 0.25) is 0 Å². The van der Waals surface area contributed by atoms with Gasteiger partial charge in [0.25, 0.3) is 0 Å². The molecule has 0 radical (unpaired) electrons. The Morgan fingerprint density at radius 3 is 2.71 bits per heavy atom. The summed E-state index contributed by atoms with van der Waals surface area (Å²) in [7, 11) is 3.41. The lowest BCUT2D eigenvalue weighted by molar-refractivity contribution is -0.128. The molecule has 0 bridgehead atoms. The smallest absolute Gasteiger partial charge is 0.223 e. The summed E-state index contributed by atoms with van der Waals surface area (Å²) in [5.41, 5.74) is 3.36. The molecule has 6 heteroatoms. The number of carbonyl (C=O) groups is 1. The number of aromatic nitrogens is 2. The van der Waals surface area contributed by atoms with Crippen molar-refractivity contribution >= 4 is 5.91 Å². The van der Waals surface area contributed by atoms with Crippen molar-refractivity contribution in [3.63, 3.8) is 0 Å². The Kier molecular flexibility index (Phi) is 5.67. The number of hydrogen-bond donors (Lipinski definition) is 1. The van der Waals surface area contributed by atoms with Crippen LogP contribution < -0.4 is 10.1 Å². The van der Waals surface area contributed by atoms with Crippen LogP contribution >= 0.6 is 0 Å². The monoisotopic (exact) mass is 383 g/mol. The maximum atomic E-state index is 12.9. The molecule has 2 aromatic rings. The fraction of sp³-hybridized carbons (Fsp3) is 0.545. The highest BCUT2D eigenvalue weighted by Gasteiger charge is 2.31. The van der Waals surface area contributed by atoms with Gasteiger partial charge in [-0.1, -0.05) is 6.42 Å². The maximum Gasteiger partial charge on any atom is 0.223 e. The molecule has 0 spiro atoms. The predicted molar refractivity (Wildman–Crippen MR) is 107 cm³/mol. The number of nitrogens with one attached hydrogen (secondary N) is 1. The normalized spacial score (nSPS) is 24.4. The van der Waals surface area contributed by atoms with Crippen LogP contribution in [-0.4, -0.2) is 36.0 Å². The Bertz CT molecular complexity index is 815. The second kappa shape index (κ2) is 8.35. The molecule has 0 saturated heterocycles. The van der Waals surface area contributed by atoms with Gasteiger partial charge in [-0.25, -0.2) is 4.68 Å². The predicted octanol–water partition coefficient (Wildman–Crippen LogP) is 3.58. The molecule has 150 valence electrons. The summed E-state index contributed by atoms with van der Waals surface area (Å²) in [6, 6.07) is 7.97. The van der Waals surface area contributed by atoms with E-state index in [1.54, 1.807) is 14.2 Å². The first-order valence-electron chi connectivity index (χ1n) is 10.2. The van der Waals surface area contributed by atoms with E-state index in [0.717, 1.165) is 61.9 Å². The maximum absolute atomic E-state index is 12.9. The Hall–Kier alpha value is -2.34. The van der Waals surface area contributed by atoms with Crippen LogP contribution in [0.3, 0.4) is 0 Å². The Balaban J connectivity index is 1.50. The summed E-state index contributed by atoms with van der Waals surface area (Å²) in [6.07, 6.45) is 9.02. The third kappa shape index (κ3) is 3.78. The second-order valence-corrected chi connectivity index (χ2v) is 7.83. The standard InChI is InChI=1S/C22H29N3O3/c1-27-17-11-9-16(10-12-17)25-21-8-4-7-20(19(21)14-23-25)24-22(26)15-5-3-6-18(13-15)28-2/h9-12,14-15,18,20H,3-8,13H2,1-2H3,(H,24,26). The molecule has 1 saturated carbocycles. The third-order valence-corrected chi connectivity index (χ3v) is 6.15. The first-order chi connectivity index (χ1) is 13.7. The van der Waals surface area contributed by atoms with Gasteiger partial charge in [0, 0.05) is 24.3 Å². The van der Waals surface area contributed by atoms with Crippen molar-refractivity contribution in [1.29, 1.82) is 0 Å². The molecule has 2 aliphatic carbocycles. The van der Waals surface area contributed by atoms with Crippen LogP contribution in [0.25, 0.3) is 5.69 Å². The highest BCUT2D eigenvalue weighted by Crippen LogP contribution is 2.33. The van der Waals surface area contributed by atoms with E-state index >= 15 is 0 Å². The number of carbonyl (C=O) groups excluding carboxylic acids is 1. The Labute approximate surface area is 166 Å². The van der Waals surface area contributed by atoms with Gasteiger partial charge in [0.1, 0.15) is 5.75 Å². The molecule has 1 aromatic heterocycles. The number of fused-ring (bicyclic) bond motifs is 1. The first kappa shape index (κ1) is 19.0. The molecule has 3 unspecified atom stereocenters. The molecule has 3 atom stereocenters. The van der Waals surface area contributed by atoms with E-state index in [9.17, 15) is 4.79 Å². The summed E-state index contributed by atoms with van der Waals surface area (Å²) in [4.78, 5) is 12.9. The number of amides is 1. The lowest BCUT2D eigenvalue weighted by Crippen LogP contribution is -2.38. The van der Waals surface area contributed by atoms with Gasteiger partial charge >= 0.3 is 0 Å². The van der Waals surface area contributed by atoms with Gasteiger partial charge in [-0.15, -0.1) is 0 Å². The van der Waals surface area contributed by atoms with Crippen molar-refractivity contribution in [3.05, 3.63) is 41.7 Å². The molecule has 4 rings (SSSR count). The second-order valence-electron chi connectivity index (χ2n) is 7.83. The van der Waals surface area contributed by atoms with Gasteiger partial charge < -0.3 is 14.8 Å². The van der Waals surface area contributed by atoms with E-state index in [2.05, 4.69) is 10.4 Å².